The van der Waals surface area contributed by atoms with Gasteiger partial charge < -0.3 is 23.7 Å². The molecule has 0 aliphatic carbocycles. The summed E-state index contributed by atoms with van der Waals surface area (Å²) in [5.74, 6) is 1.00. The zero-order valence-electron chi connectivity index (χ0n) is 24.0. The van der Waals surface area contributed by atoms with Gasteiger partial charge in [0, 0.05) is 12.8 Å². The Balaban J connectivity index is 1.54. The lowest BCUT2D eigenvalue weighted by atomic mass is 10.1. The molecule has 0 saturated carbocycles. The molecule has 39 heavy (non-hydrogen) atoms. The highest BCUT2D eigenvalue weighted by Gasteiger charge is 2.17. The van der Waals surface area contributed by atoms with E-state index in [0.29, 0.717) is 26.1 Å². The summed E-state index contributed by atoms with van der Waals surface area (Å²) in [4.78, 5) is 23.8. The van der Waals surface area contributed by atoms with Crippen LogP contribution in [0.4, 0.5) is 0 Å². The summed E-state index contributed by atoms with van der Waals surface area (Å²) in [6.45, 7) is 12.2. The van der Waals surface area contributed by atoms with Crippen LogP contribution < -0.4 is 9.47 Å². The number of benzene rings is 2. The van der Waals surface area contributed by atoms with Crippen molar-refractivity contribution in [3.05, 3.63) is 84.3 Å². The number of carbonyl (C=O) groups excluding carboxylic acids is 2. The maximum absolute atomic E-state index is 11.9. The molecule has 0 N–H and O–H groups in total. The van der Waals surface area contributed by atoms with Crippen LogP contribution in [0, 0.1) is 0 Å². The van der Waals surface area contributed by atoms with Gasteiger partial charge >= 0.3 is 11.9 Å². The van der Waals surface area contributed by atoms with Crippen LogP contribution in [0.3, 0.4) is 0 Å². The monoisotopic (exact) mass is 538 g/mol. The average molecular weight is 539 g/mol. The largest absolute Gasteiger partial charge is 0.493 e. The van der Waals surface area contributed by atoms with Crippen molar-refractivity contribution in [1.29, 1.82) is 0 Å². The Bertz CT molecular complexity index is 982. The molecule has 0 bridgehead atoms. The summed E-state index contributed by atoms with van der Waals surface area (Å²) in [6, 6.07) is 14.9. The molecule has 2 rings (SSSR count). The van der Waals surface area contributed by atoms with Crippen LogP contribution in [0.2, 0.25) is 0 Å². The Morgan fingerprint density at radius 2 is 0.974 bits per heavy atom. The quantitative estimate of drug-likeness (QED) is 0.150. The van der Waals surface area contributed by atoms with E-state index < -0.39 is 11.2 Å². The van der Waals surface area contributed by atoms with Gasteiger partial charge in [0.2, 0.25) is 0 Å². The van der Waals surface area contributed by atoms with Crippen LogP contribution in [0.15, 0.2) is 73.2 Å². The van der Waals surface area contributed by atoms with Gasteiger partial charge in [0.05, 0.1) is 38.6 Å². The van der Waals surface area contributed by atoms with Crippen molar-refractivity contribution in [1.82, 2.24) is 0 Å². The van der Waals surface area contributed by atoms with Gasteiger partial charge in [-0.25, -0.2) is 0 Å². The summed E-state index contributed by atoms with van der Waals surface area (Å²) in [5.41, 5.74) is 0.802. The molecule has 7 heteroatoms. The molecule has 0 fully saturated rings. The SMILES string of the molecule is CC(C)(C)OC(=O)Cc1ccc(OCCC=COC=CCCOc2ccc(CC(=O)OC(C)(C)C)cc2)cc1. The van der Waals surface area contributed by atoms with Gasteiger partial charge in [-0.1, -0.05) is 24.3 Å². The Kier molecular flexibility index (Phi) is 12.6. The van der Waals surface area contributed by atoms with Gasteiger partial charge in [-0.2, -0.15) is 0 Å². The van der Waals surface area contributed by atoms with E-state index in [9.17, 15) is 9.59 Å². The first-order valence-corrected chi connectivity index (χ1v) is 13.2. The lowest BCUT2D eigenvalue weighted by molar-refractivity contribution is -0.155. The fraction of sp³-hybridized carbons (Fsp3) is 0.438. The fourth-order valence-corrected chi connectivity index (χ4v) is 3.28. The molecule has 0 unspecified atom stereocenters. The van der Waals surface area contributed by atoms with Crippen molar-refractivity contribution in [2.75, 3.05) is 13.2 Å². The Hall–Kier alpha value is -3.74. The van der Waals surface area contributed by atoms with E-state index in [4.69, 9.17) is 23.7 Å². The second kappa shape index (κ2) is 15.6. The molecule has 0 heterocycles. The molecule has 0 radical (unpaired) electrons. The van der Waals surface area contributed by atoms with Crippen molar-refractivity contribution >= 4 is 11.9 Å². The minimum atomic E-state index is -0.483. The molecule has 0 amide bonds. The predicted molar refractivity (Wildman–Crippen MR) is 152 cm³/mol. The fourth-order valence-electron chi connectivity index (χ4n) is 3.28. The van der Waals surface area contributed by atoms with E-state index in [1.54, 1.807) is 12.5 Å². The molecule has 0 aliphatic rings. The first-order valence-electron chi connectivity index (χ1n) is 13.2. The molecule has 2 aromatic rings. The number of hydrogen-bond donors (Lipinski definition) is 0. The average Bonchev–Trinajstić information content (AvgIpc) is 2.82. The number of ether oxygens (including phenoxy) is 5. The smallest absolute Gasteiger partial charge is 0.310 e. The normalized spacial score (nSPS) is 11.9. The number of hydrogen-bond acceptors (Lipinski definition) is 7. The molecule has 212 valence electrons. The first kappa shape index (κ1) is 31.5. The Labute approximate surface area is 232 Å². The molecule has 0 aromatic heterocycles. The van der Waals surface area contributed by atoms with Crippen molar-refractivity contribution in [2.45, 2.75) is 78.4 Å². The van der Waals surface area contributed by atoms with Crippen LogP contribution in [0.25, 0.3) is 0 Å². The van der Waals surface area contributed by atoms with Gasteiger partial charge in [-0.3, -0.25) is 9.59 Å². The maximum atomic E-state index is 11.9. The second-order valence-electron chi connectivity index (χ2n) is 11.0. The summed E-state index contributed by atoms with van der Waals surface area (Å²) in [7, 11) is 0. The molecule has 0 saturated heterocycles. The van der Waals surface area contributed by atoms with E-state index in [-0.39, 0.29) is 24.8 Å². The maximum Gasteiger partial charge on any atom is 0.310 e. The van der Waals surface area contributed by atoms with Gasteiger partial charge in [0.1, 0.15) is 22.7 Å². The van der Waals surface area contributed by atoms with Gasteiger partial charge in [0.15, 0.2) is 0 Å². The zero-order chi connectivity index (χ0) is 28.7. The summed E-state index contributed by atoms with van der Waals surface area (Å²) in [5, 5.41) is 0. The minimum absolute atomic E-state index is 0.238. The van der Waals surface area contributed by atoms with E-state index in [2.05, 4.69) is 0 Å². The van der Waals surface area contributed by atoms with Gasteiger partial charge in [-0.15, -0.1) is 0 Å². The highest BCUT2D eigenvalue weighted by Crippen LogP contribution is 2.16. The molecule has 2 aromatic carbocycles. The molecule has 0 atom stereocenters. The van der Waals surface area contributed by atoms with Crippen LogP contribution in [0.1, 0.15) is 65.5 Å². The highest BCUT2D eigenvalue weighted by molar-refractivity contribution is 5.73. The molecular weight excluding hydrogens is 496 g/mol. The number of esters is 2. The zero-order valence-corrected chi connectivity index (χ0v) is 24.0. The molecule has 7 nitrogen and oxygen atoms in total. The van der Waals surface area contributed by atoms with Crippen molar-refractivity contribution in [2.24, 2.45) is 0 Å². The van der Waals surface area contributed by atoms with Crippen LogP contribution in [-0.2, 0) is 36.6 Å². The second-order valence-corrected chi connectivity index (χ2v) is 11.0. The van der Waals surface area contributed by atoms with E-state index in [1.165, 1.54) is 0 Å². The first-order chi connectivity index (χ1) is 18.4. The summed E-state index contributed by atoms with van der Waals surface area (Å²) in [6.07, 6.45) is 8.87. The summed E-state index contributed by atoms with van der Waals surface area (Å²) < 4.78 is 27.5. The molecule has 0 spiro atoms. The van der Waals surface area contributed by atoms with Crippen LogP contribution >= 0.6 is 0 Å². The van der Waals surface area contributed by atoms with E-state index in [1.807, 2.05) is 102 Å². The van der Waals surface area contributed by atoms with Crippen molar-refractivity contribution in [3.8, 4) is 11.5 Å². The van der Waals surface area contributed by atoms with Crippen molar-refractivity contribution in [3.63, 3.8) is 0 Å². The van der Waals surface area contributed by atoms with Gasteiger partial charge in [0.25, 0.3) is 0 Å². The lowest BCUT2D eigenvalue weighted by Crippen LogP contribution is -2.24. The third kappa shape index (κ3) is 15.3. The van der Waals surface area contributed by atoms with Gasteiger partial charge in [-0.05, 0) is 89.1 Å². The molecular formula is C32H42O7. The Morgan fingerprint density at radius 3 is 1.31 bits per heavy atom. The highest BCUT2D eigenvalue weighted by atomic mass is 16.6. The predicted octanol–water partition coefficient (Wildman–Crippen LogP) is 6.74. The van der Waals surface area contributed by atoms with E-state index >= 15 is 0 Å². The topological polar surface area (TPSA) is 80.3 Å². The van der Waals surface area contributed by atoms with E-state index in [0.717, 1.165) is 22.6 Å². The summed E-state index contributed by atoms with van der Waals surface area (Å²) >= 11 is 0. The van der Waals surface area contributed by atoms with Crippen LogP contribution in [0.5, 0.6) is 11.5 Å². The minimum Gasteiger partial charge on any atom is -0.493 e. The number of carbonyl (C=O) groups is 2. The van der Waals surface area contributed by atoms with Crippen molar-refractivity contribution < 1.29 is 33.3 Å². The standard InChI is InChI=1S/C32H42O7/c1-31(2,3)38-29(33)23-25-11-15-27(16-12-25)36-21-9-7-19-35-20-8-10-22-37-28-17-13-26(14-18-28)24-30(34)39-32(4,5)6/h7-8,11-20H,9-10,21-24H2,1-6H3. The van der Waals surface area contributed by atoms with Crippen LogP contribution in [-0.4, -0.2) is 36.4 Å². The molecule has 0 aliphatic heterocycles. The lowest BCUT2D eigenvalue weighted by Gasteiger charge is -2.19. The third-order valence-electron chi connectivity index (χ3n) is 4.84. The Morgan fingerprint density at radius 1 is 0.615 bits per heavy atom. The number of rotatable bonds is 14. The third-order valence-corrected chi connectivity index (χ3v) is 4.84.